The van der Waals surface area contributed by atoms with Crippen LogP contribution in [0.3, 0.4) is 0 Å². The summed E-state index contributed by atoms with van der Waals surface area (Å²) in [4.78, 5) is 149. The van der Waals surface area contributed by atoms with Crippen LogP contribution in [-0.4, -0.2) is 321 Å². The average molecular weight is 1880 g/mol. The highest BCUT2D eigenvalue weighted by Gasteiger charge is 2.47. The zero-order chi connectivity index (χ0) is 96.6. The van der Waals surface area contributed by atoms with Crippen LogP contribution < -0.4 is 33.1 Å². The lowest BCUT2D eigenvalue weighted by atomic mass is 9.89. The molecule has 0 aliphatic carbocycles. The number of methoxy groups -OCH3 is 4. The van der Waals surface area contributed by atoms with Gasteiger partial charge in [0.15, 0.2) is 0 Å². The molecule has 2 saturated heterocycles. The molecule has 6 rings (SSSR count). The number of thiazole rings is 2. The summed E-state index contributed by atoms with van der Waals surface area (Å²) >= 11 is 2.93. The van der Waals surface area contributed by atoms with Crippen LogP contribution in [0.5, 0.6) is 0 Å². The number of hydrogen-bond acceptors (Lipinski definition) is 27. The number of likely N-dealkylation sites (N-methyl/N-ethyl adjacent to an activating group) is 4. The van der Waals surface area contributed by atoms with E-state index < -0.39 is 96.7 Å². The Morgan fingerprint density at radius 1 is 0.473 bits per heavy atom. The van der Waals surface area contributed by atoms with E-state index in [9.17, 15) is 38.4 Å². The number of carbonyl (C=O) groups excluding carboxylic acids is 8. The van der Waals surface area contributed by atoms with E-state index in [-0.39, 0.29) is 102 Å². The van der Waals surface area contributed by atoms with Crippen molar-refractivity contribution in [1.29, 1.82) is 0 Å². The number of aromatic nitrogens is 2. The molecule has 4 aromatic rings. The van der Waals surface area contributed by atoms with Crippen molar-refractivity contribution in [2.75, 3.05) is 162 Å². The molecule has 0 bridgehead atoms. The van der Waals surface area contributed by atoms with Crippen molar-refractivity contribution in [3.63, 3.8) is 0 Å². The highest BCUT2D eigenvalue weighted by Crippen LogP contribution is 2.37. The van der Waals surface area contributed by atoms with E-state index in [2.05, 4.69) is 35.9 Å². The van der Waals surface area contributed by atoms with Gasteiger partial charge in [-0.2, -0.15) is 0 Å². The Balaban J connectivity index is 1.10. The molecule has 2 fully saturated rings. The van der Waals surface area contributed by atoms with Crippen LogP contribution >= 0.6 is 22.7 Å². The molecule has 33 nitrogen and oxygen atoms in total. The van der Waals surface area contributed by atoms with Gasteiger partial charge in [0, 0.05) is 86.5 Å². The second-order valence-electron chi connectivity index (χ2n) is 36.4. The highest BCUT2D eigenvalue weighted by atomic mass is 32.1. The molecule has 0 radical (unpaired) electrons. The van der Waals surface area contributed by atoms with Crippen molar-refractivity contribution in [1.82, 2.24) is 60.6 Å². The fourth-order valence-electron chi connectivity index (χ4n) is 18.2. The van der Waals surface area contributed by atoms with Gasteiger partial charge in [-0.1, -0.05) is 164 Å². The summed E-state index contributed by atoms with van der Waals surface area (Å²) in [6.45, 7) is 33.5. The van der Waals surface area contributed by atoms with Crippen LogP contribution in [-0.2, 0) is 104 Å². The second kappa shape index (κ2) is 59.0. The van der Waals surface area contributed by atoms with E-state index in [1.165, 1.54) is 22.7 Å². The number of likely N-dealkylation sites (tertiary alicyclic amines) is 2. The molecule has 8 N–H and O–H groups in total. The number of amides is 8. The summed E-state index contributed by atoms with van der Waals surface area (Å²) in [6.07, 6.45) is 5.41. The third-order valence-electron chi connectivity index (χ3n) is 25.9. The molecular formula is C96H160N14O19S2. The maximum absolute atomic E-state index is 15.0. The lowest BCUT2D eigenvalue weighted by molar-refractivity contribution is -0.148. The molecule has 2 aromatic carbocycles. The molecule has 0 unspecified atom stereocenters. The predicted molar refractivity (Wildman–Crippen MR) is 508 cm³/mol. The Kier molecular flexibility index (Phi) is 50.7. The summed E-state index contributed by atoms with van der Waals surface area (Å²) < 4.78 is 53.0. The molecule has 4 heterocycles. The van der Waals surface area contributed by atoms with Gasteiger partial charge in [0.25, 0.3) is 0 Å². The summed E-state index contributed by atoms with van der Waals surface area (Å²) in [5.41, 5.74) is 2.84. The minimum atomic E-state index is -0.885. The van der Waals surface area contributed by atoms with Crippen molar-refractivity contribution in [2.45, 2.75) is 246 Å². The first-order valence-corrected chi connectivity index (χ1v) is 48.7. The number of nitrogens with zero attached hydrogens (tertiary/aromatic N) is 8. The standard InChI is InChI=1S/C96H160N14O19S2/c1-23-65(11)85(107(17)96(118)82(62(5)6)104-92(116)84(64(9)10)106(16)42-44-124-46-48-126-51-53-128-97)76(119-19)58-79(111)109-39-28-32-74(109)87(121-21)67(13)89(113)101-72(93-99-38-55-130-93)57-70-34-36-71(37-35-70)78-60-100-94(131-78)73(56-69-30-26-25-27-31-69)102-90(114)68(14)88(122-22)75-33-29-40-110(75)80(112)59-77(120-20)86(66(12)24-2)108(18)95(117)81(61(3)4)103-91(115)83(63(7)8)105(15)41-43-123-45-47-125-49-50-127-52-54-129-98/h25-27,30-31,34-38,55,60-68,72-77,81-88H,23-24,28-29,32-33,39-54,56-59,97-98H2,1-22H3,(H,101,113)(H,102,114)(H,103,115)(H,104,116)/t65-,66-,67+,68+,72-,73-,74-,75-,76+,77+,81-,82-,83-,84-,85-,86-,87+,88+/m0/s1. The SMILES string of the molecule is CC[C@H](C)[C@@H]([C@@H](CC(=O)N1CCC[C@H]1[C@H](OC)[C@@H](C)C(=O)N[C@@H](Cc1ccc(-c2cnc([C@H](Cc3ccccc3)NC(=O)[C@H](C)[C@@H](OC)[C@@H]3CCCN3C(=O)C[C@@H](OC)[C@H]([C@@H](C)CC)N(C)C(=O)[C@@H](NC(=O)[C@H](C(C)C)N(C)CCOCCOCCOCCON)C(C)C)s2)cc1)c1nccs1)OC)N(C)C(=O)[C@@H](NC(=O)[C@H](C(C)C)N(C)CCOCCOCCON)C(C)C. The smallest absolute Gasteiger partial charge is 0.245 e. The monoisotopic (exact) mass is 1880 g/mol. The molecule has 2 aromatic heterocycles. The van der Waals surface area contributed by atoms with Gasteiger partial charge in [-0.3, -0.25) is 48.2 Å². The summed E-state index contributed by atoms with van der Waals surface area (Å²) in [7, 11) is 13.5. The lowest BCUT2D eigenvalue weighted by Gasteiger charge is -2.41. The molecule has 2 aliphatic heterocycles. The van der Waals surface area contributed by atoms with E-state index >= 15 is 0 Å². The Hall–Kier alpha value is -7.14. The van der Waals surface area contributed by atoms with E-state index in [1.54, 1.807) is 58.5 Å². The van der Waals surface area contributed by atoms with Crippen LogP contribution in [0.25, 0.3) is 10.4 Å². The van der Waals surface area contributed by atoms with Crippen LogP contribution in [0.4, 0.5) is 0 Å². The average Bonchev–Trinajstić information content (AvgIpc) is 1.79. The minimum Gasteiger partial charge on any atom is -0.379 e. The van der Waals surface area contributed by atoms with Gasteiger partial charge in [0.1, 0.15) is 22.1 Å². The Morgan fingerprint density at radius 3 is 1.22 bits per heavy atom. The van der Waals surface area contributed by atoms with Crippen molar-refractivity contribution in [2.24, 2.45) is 59.1 Å². The Bertz CT molecular complexity index is 3970. The van der Waals surface area contributed by atoms with E-state index in [0.717, 1.165) is 26.6 Å². The number of hydrogen-bond donors (Lipinski definition) is 6. The first kappa shape index (κ1) is 113. The van der Waals surface area contributed by atoms with Crippen molar-refractivity contribution < 1.29 is 90.7 Å². The topological polar surface area (TPSA) is 383 Å². The van der Waals surface area contributed by atoms with Crippen molar-refractivity contribution in [3.05, 3.63) is 93.5 Å². The van der Waals surface area contributed by atoms with Gasteiger partial charge in [0.05, 0.1) is 182 Å². The third kappa shape index (κ3) is 34.0. The van der Waals surface area contributed by atoms with Crippen molar-refractivity contribution >= 4 is 69.9 Å². The molecule has 0 saturated carbocycles. The number of nitrogens with one attached hydrogen (secondary N) is 4. The molecule has 131 heavy (non-hydrogen) atoms. The van der Waals surface area contributed by atoms with Crippen LogP contribution in [0.2, 0.25) is 0 Å². The molecule has 0 spiro atoms. The van der Waals surface area contributed by atoms with Crippen molar-refractivity contribution in [3.8, 4) is 10.4 Å². The molecular weight excluding hydrogens is 1720 g/mol. The molecule has 740 valence electrons. The molecule has 2 aliphatic rings. The number of ether oxygens (including phenoxy) is 9. The maximum atomic E-state index is 15.0. The van der Waals surface area contributed by atoms with Gasteiger partial charge in [0.2, 0.25) is 47.3 Å². The zero-order valence-electron chi connectivity index (χ0n) is 82.3. The highest BCUT2D eigenvalue weighted by molar-refractivity contribution is 7.15. The minimum absolute atomic E-state index is 0.0439. The summed E-state index contributed by atoms with van der Waals surface area (Å²) in [5.74, 6) is 5.68. The summed E-state index contributed by atoms with van der Waals surface area (Å²) in [6, 6.07) is 12.1. The first-order valence-electron chi connectivity index (χ1n) is 47.0. The van der Waals surface area contributed by atoms with Gasteiger partial charge in [-0.05, 0) is 105 Å². The second-order valence-corrected chi connectivity index (χ2v) is 38.4. The number of rotatable bonds is 64. The fourth-order valence-corrected chi connectivity index (χ4v) is 19.9. The third-order valence-corrected chi connectivity index (χ3v) is 27.9. The van der Waals surface area contributed by atoms with Gasteiger partial charge < -0.3 is 93.2 Å². The van der Waals surface area contributed by atoms with Gasteiger partial charge in [-0.25, -0.2) is 21.8 Å². The number of carbonyl (C=O) groups is 8. The summed E-state index contributed by atoms with van der Waals surface area (Å²) in [5, 5.41) is 16.2. The van der Waals surface area contributed by atoms with Crippen LogP contribution in [0, 0.1) is 47.3 Å². The van der Waals surface area contributed by atoms with E-state index in [4.69, 9.17) is 59.4 Å². The molecule has 18 atom stereocenters. The van der Waals surface area contributed by atoms with Gasteiger partial charge in [-0.15, -0.1) is 22.7 Å². The predicted octanol–water partition coefficient (Wildman–Crippen LogP) is 8.97. The first-order chi connectivity index (χ1) is 62.7. The van der Waals surface area contributed by atoms with E-state index in [0.29, 0.717) is 155 Å². The maximum Gasteiger partial charge on any atom is 0.245 e. The lowest BCUT2D eigenvalue weighted by Crippen LogP contribution is -2.60. The quantitative estimate of drug-likeness (QED) is 0.0177. The zero-order valence-corrected chi connectivity index (χ0v) is 84.0. The van der Waals surface area contributed by atoms with Crippen LogP contribution in [0.1, 0.15) is 182 Å². The number of benzene rings is 2. The largest absolute Gasteiger partial charge is 0.379 e. The molecule has 8 amide bonds. The van der Waals surface area contributed by atoms with Gasteiger partial charge >= 0.3 is 0 Å². The normalized spacial score (nSPS) is 18.1. The Labute approximate surface area is 788 Å². The number of nitrogens with two attached hydrogens (primary N) is 2. The van der Waals surface area contributed by atoms with Crippen LogP contribution in [0.15, 0.2) is 72.4 Å². The fraction of sp³-hybridized carbons (Fsp3) is 0.729. The Morgan fingerprint density at radius 2 is 0.863 bits per heavy atom. The van der Waals surface area contributed by atoms with E-state index in [1.807, 2.05) is 197 Å². The molecule has 35 heteroatoms.